The monoisotopic (exact) mass is 330 g/mol. The van der Waals surface area contributed by atoms with E-state index in [1.807, 2.05) is 0 Å². The van der Waals surface area contributed by atoms with Crippen LogP contribution in [0, 0.1) is 11.7 Å². The fraction of sp³-hybridized carbons (Fsp3) is 0.562. The number of hydrogen-bond acceptors (Lipinski definition) is 3. The molecule has 1 aliphatic rings. The number of aliphatic hydroxyl groups excluding tert-OH is 1. The number of carbonyl (C=O) groups excluding carboxylic acids is 1. The van der Waals surface area contributed by atoms with Crippen LogP contribution >= 0.6 is 12.4 Å². The van der Waals surface area contributed by atoms with Gasteiger partial charge in [0.15, 0.2) is 0 Å². The van der Waals surface area contributed by atoms with E-state index in [0.717, 1.165) is 31.4 Å². The van der Waals surface area contributed by atoms with E-state index in [1.165, 1.54) is 12.1 Å². The van der Waals surface area contributed by atoms with Gasteiger partial charge in [-0.25, -0.2) is 4.39 Å². The quantitative estimate of drug-likeness (QED) is 0.743. The lowest BCUT2D eigenvalue weighted by atomic mass is 9.95. The molecule has 1 amide bonds. The van der Waals surface area contributed by atoms with Crippen LogP contribution in [-0.2, 0) is 11.2 Å². The molecule has 22 heavy (non-hydrogen) atoms. The van der Waals surface area contributed by atoms with Crippen LogP contribution in [0.2, 0.25) is 0 Å². The third kappa shape index (κ3) is 6.30. The summed E-state index contributed by atoms with van der Waals surface area (Å²) in [5, 5.41) is 15.8. The van der Waals surface area contributed by atoms with Gasteiger partial charge in [-0.2, -0.15) is 0 Å². The number of amides is 1. The Morgan fingerprint density at radius 1 is 1.36 bits per heavy atom. The third-order valence-electron chi connectivity index (χ3n) is 3.93. The van der Waals surface area contributed by atoms with E-state index in [0.29, 0.717) is 19.5 Å². The molecule has 1 aliphatic heterocycles. The summed E-state index contributed by atoms with van der Waals surface area (Å²) in [5.74, 6) is -0.0767. The van der Waals surface area contributed by atoms with Crippen molar-refractivity contribution < 1.29 is 14.3 Å². The van der Waals surface area contributed by atoms with E-state index in [2.05, 4.69) is 10.6 Å². The van der Waals surface area contributed by atoms with Crippen molar-refractivity contribution in [1.82, 2.24) is 10.6 Å². The number of nitrogens with one attached hydrogen (secondary N) is 2. The average molecular weight is 331 g/mol. The first kappa shape index (κ1) is 18.9. The zero-order valence-corrected chi connectivity index (χ0v) is 13.4. The molecule has 3 N–H and O–H groups in total. The van der Waals surface area contributed by atoms with Crippen LogP contribution in [0.15, 0.2) is 24.3 Å². The maximum Gasteiger partial charge on any atom is 0.220 e. The Labute approximate surface area is 136 Å². The van der Waals surface area contributed by atoms with E-state index in [4.69, 9.17) is 0 Å². The highest BCUT2D eigenvalue weighted by atomic mass is 35.5. The molecule has 4 nitrogen and oxygen atoms in total. The van der Waals surface area contributed by atoms with Crippen LogP contribution in [-0.4, -0.2) is 36.8 Å². The number of halogens is 2. The average Bonchev–Trinajstić information content (AvgIpc) is 2.48. The molecule has 6 heteroatoms. The van der Waals surface area contributed by atoms with Crippen molar-refractivity contribution in [3.63, 3.8) is 0 Å². The summed E-state index contributed by atoms with van der Waals surface area (Å²) in [7, 11) is 0. The molecule has 0 aromatic heterocycles. The van der Waals surface area contributed by atoms with Gasteiger partial charge >= 0.3 is 0 Å². The third-order valence-corrected chi connectivity index (χ3v) is 3.93. The first-order valence-electron chi connectivity index (χ1n) is 7.55. The standard InChI is InChI=1S/C16H23FN2O2.ClH/c17-14-6-4-12(5-7-14)2-1-3-16(21)19-10-13-8-9-18-11-15(13)20;/h4-7,13,15,18,20H,1-3,8-11H2,(H,19,21);1H/t13-,15+;/m0./s1. The summed E-state index contributed by atoms with van der Waals surface area (Å²) in [6.07, 6.45) is 2.48. The zero-order valence-electron chi connectivity index (χ0n) is 12.6. The molecule has 0 bridgehead atoms. The molecule has 1 aromatic rings. The van der Waals surface area contributed by atoms with Crippen molar-refractivity contribution in [3.05, 3.63) is 35.6 Å². The maximum absolute atomic E-state index is 12.8. The predicted molar refractivity (Wildman–Crippen MR) is 86.6 cm³/mol. The van der Waals surface area contributed by atoms with Crippen molar-refractivity contribution in [2.24, 2.45) is 5.92 Å². The first-order chi connectivity index (χ1) is 10.1. The van der Waals surface area contributed by atoms with Crippen LogP contribution in [0.4, 0.5) is 4.39 Å². The van der Waals surface area contributed by atoms with Crippen LogP contribution in [0.3, 0.4) is 0 Å². The topological polar surface area (TPSA) is 61.4 Å². The fourth-order valence-electron chi connectivity index (χ4n) is 2.57. The fourth-order valence-corrected chi connectivity index (χ4v) is 2.57. The molecule has 0 aliphatic carbocycles. The van der Waals surface area contributed by atoms with Crippen molar-refractivity contribution in [1.29, 1.82) is 0 Å². The number of aliphatic hydroxyl groups is 1. The SMILES string of the molecule is Cl.O=C(CCCc1ccc(F)cc1)NC[C@@H]1CCNC[C@H]1O. The van der Waals surface area contributed by atoms with Crippen molar-refractivity contribution in [2.75, 3.05) is 19.6 Å². The Hall–Kier alpha value is -1.17. The summed E-state index contributed by atoms with van der Waals surface area (Å²) in [6.45, 7) is 2.03. The van der Waals surface area contributed by atoms with Gasteiger partial charge in [0.05, 0.1) is 6.10 Å². The van der Waals surface area contributed by atoms with Crippen molar-refractivity contribution >= 4 is 18.3 Å². The summed E-state index contributed by atoms with van der Waals surface area (Å²) in [6, 6.07) is 6.37. The minimum atomic E-state index is -0.377. The Kier molecular flexibility index (Phi) is 8.38. The molecule has 1 fully saturated rings. The Balaban J connectivity index is 0.00000242. The van der Waals surface area contributed by atoms with Crippen LogP contribution in [0.25, 0.3) is 0 Å². The maximum atomic E-state index is 12.8. The van der Waals surface area contributed by atoms with Gasteiger partial charge in [-0.05, 0) is 43.5 Å². The number of rotatable bonds is 6. The largest absolute Gasteiger partial charge is 0.391 e. The van der Waals surface area contributed by atoms with Crippen LogP contribution in [0.5, 0.6) is 0 Å². The number of aryl methyl sites for hydroxylation is 1. The van der Waals surface area contributed by atoms with E-state index in [1.54, 1.807) is 12.1 Å². The minimum Gasteiger partial charge on any atom is -0.391 e. The van der Waals surface area contributed by atoms with E-state index in [9.17, 15) is 14.3 Å². The Morgan fingerprint density at radius 3 is 2.77 bits per heavy atom. The number of piperidine rings is 1. The minimum absolute atomic E-state index is 0. The van der Waals surface area contributed by atoms with Crippen molar-refractivity contribution in [2.45, 2.75) is 31.8 Å². The second-order valence-corrected chi connectivity index (χ2v) is 5.60. The molecule has 2 atom stereocenters. The summed E-state index contributed by atoms with van der Waals surface area (Å²) in [5.41, 5.74) is 1.04. The predicted octanol–water partition coefficient (Wildman–Crippen LogP) is 1.66. The molecule has 124 valence electrons. The lowest BCUT2D eigenvalue weighted by Gasteiger charge is -2.28. The zero-order chi connectivity index (χ0) is 15.1. The highest BCUT2D eigenvalue weighted by Crippen LogP contribution is 2.11. The molecule has 2 rings (SSSR count). The van der Waals surface area contributed by atoms with Gasteiger partial charge < -0.3 is 15.7 Å². The number of benzene rings is 1. The molecule has 1 saturated heterocycles. The molecule has 0 spiro atoms. The smallest absolute Gasteiger partial charge is 0.220 e. The molecular formula is C16H24ClFN2O2. The van der Waals surface area contributed by atoms with Gasteiger partial charge in [-0.1, -0.05) is 12.1 Å². The van der Waals surface area contributed by atoms with Gasteiger partial charge in [0.2, 0.25) is 5.91 Å². The molecular weight excluding hydrogens is 307 g/mol. The van der Waals surface area contributed by atoms with Gasteiger partial charge in [-0.15, -0.1) is 12.4 Å². The normalized spacial score (nSPS) is 21.0. The Bertz CT molecular complexity index is 456. The highest BCUT2D eigenvalue weighted by molar-refractivity contribution is 5.85. The number of hydrogen-bond donors (Lipinski definition) is 3. The van der Waals surface area contributed by atoms with Crippen LogP contribution in [0.1, 0.15) is 24.8 Å². The summed E-state index contributed by atoms with van der Waals surface area (Å²) >= 11 is 0. The number of carbonyl (C=O) groups is 1. The highest BCUT2D eigenvalue weighted by Gasteiger charge is 2.22. The molecule has 1 aromatic carbocycles. The second kappa shape index (κ2) is 9.77. The van der Waals surface area contributed by atoms with Crippen LogP contribution < -0.4 is 10.6 Å². The van der Waals surface area contributed by atoms with Gasteiger partial charge in [0.25, 0.3) is 0 Å². The molecule has 0 radical (unpaired) electrons. The number of β-amino-alcohol motifs (C(OH)–C–C–N with tert-alkyl or cyclic N) is 1. The Morgan fingerprint density at radius 2 is 2.09 bits per heavy atom. The molecule has 0 unspecified atom stereocenters. The lowest BCUT2D eigenvalue weighted by molar-refractivity contribution is -0.121. The van der Waals surface area contributed by atoms with Gasteiger partial charge in [-0.3, -0.25) is 4.79 Å². The van der Waals surface area contributed by atoms with Crippen molar-refractivity contribution in [3.8, 4) is 0 Å². The van der Waals surface area contributed by atoms with Gasteiger partial charge in [0, 0.05) is 25.4 Å². The second-order valence-electron chi connectivity index (χ2n) is 5.60. The molecule has 0 saturated carbocycles. The first-order valence-corrected chi connectivity index (χ1v) is 7.55. The van der Waals surface area contributed by atoms with E-state index in [-0.39, 0.29) is 36.2 Å². The van der Waals surface area contributed by atoms with E-state index >= 15 is 0 Å². The van der Waals surface area contributed by atoms with Gasteiger partial charge in [0.1, 0.15) is 5.82 Å². The lowest BCUT2D eigenvalue weighted by Crippen LogP contribution is -2.45. The summed E-state index contributed by atoms with van der Waals surface area (Å²) in [4.78, 5) is 11.8. The summed E-state index contributed by atoms with van der Waals surface area (Å²) < 4.78 is 12.8. The molecule has 1 heterocycles. The van der Waals surface area contributed by atoms with E-state index < -0.39 is 0 Å².